The summed E-state index contributed by atoms with van der Waals surface area (Å²) in [6.45, 7) is 0.0554. The van der Waals surface area contributed by atoms with Crippen LogP contribution in [0.4, 0.5) is 5.69 Å². The molecular weight excluding hydrogens is 418 g/mol. The van der Waals surface area contributed by atoms with Gasteiger partial charge in [0.05, 0.1) is 10.6 Å². The predicted octanol–water partition coefficient (Wildman–Crippen LogP) is 4.16. The second-order valence-electron chi connectivity index (χ2n) is 4.98. The summed E-state index contributed by atoms with van der Waals surface area (Å²) in [7, 11) is -3.84. The van der Waals surface area contributed by atoms with Crippen molar-refractivity contribution in [2.24, 2.45) is 0 Å². The summed E-state index contributed by atoms with van der Waals surface area (Å²) in [6.07, 6.45) is 0.0839. The van der Waals surface area contributed by atoms with Crippen LogP contribution in [0.5, 0.6) is 0 Å². The number of carbonyl (C=O) groups is 1. The van der Waals surface area contributed by atoms with E-state index < -0.39 is 16.0 Å². The number of nitrogens with zero attached hydrogens (tertiary/aromatic N) is 1. The van der Waals surface area contributed by atoms with E-state index in [0.717, 1.165) is 0 Å². The molecule has 2 rings (SSSR count). The molecule has 0 amide bonds. The van der Waals surface area contributed by atoms with E-state index in [0.29, 0.717) is 15.2 Å². The Morgan fingerprint density at radius 3 is 2.33 bits per heavy atom. The first-order valence-electron chi connectivity index (χ1n) is 7.07. The number of hydrogen-bond acceptors (Lipinski definition) is 3. The number of carboxylic acids is 1. The van der Waals surface area contributed by atoms with Crippen molar-refractivity contribution in [1.29, 1.82) is 0 Å². The maximum atomic E-state index is 13.0. The molecule has 0 spiro atoms. The maximum absolute atomic E-state index is 13.0. The summed E-state index contributed by atoms with van der Waals surface area (Å²) >= 11 is 9.17. The van der Waals surface area contributed by atoms with Crippen LogP contribution in [-0.4, -0.2) is 26.0 Å². The zero-order valence-corrected chi connectivity index (χ0v) is 15.7. The van der Waals surface area contributed by atoms with Crippen molar-refractivity contribution in [3.63, 3.8) is 0 Å². The van der Waals surface area contributed by atoms with Crippen LogP contribution in [-0.2, 0) is 14.8 Å². The van der Waals surface area contributed by atoms with Gasteiger partial charge in [-0.2, -0.15) is 0 Å². The Labute approximate surface area is 154 Å². The zero-order chi connectivity index (χ0) is 17.7. The standard InChI is InChI=1S/C16H15BrClNO4S/c17-14-4-1-2-5-15(14)19(11-3-6-16(20)21)24(22,23)13-9-7-12(18)8-10-13/h1-2,4-5,7-10H,3,6,11H2,(H,20,21). The lowest BCUT2D eigenvalue weighted by Crippen LogP contribution is -2.32. The number of hydrogen-bond donors (Lipinski definition) is 1. The van der Waals surface area contributed by atoms with E-state index in [4.69, 9.17) is 16.7 Å². The molecule has 2 aromatic rings. The summed E-state index contributed by atoms with van der Waals surface area (Å²) in [5.74, 6) is -0.967. The van der Waals surface area contributed by atoms with Gasteiger partial charge in [0, 0.05) is 22.5 Å². The van der Waals surface area contributed by atoms with Gasteiger partial charge < -0.3 is 5.11 Å². The fraction of sp³-hybridized carbons (Fsp3) is 0.188. The molecule has 0 saturated carbocycles. The monoisotopic (exact) mass is 431 g/mol. The quantitative estimate of drug-likeness (QED) is 0.713. The lowest BCUT2D eigenvalue weighted by atomic mass is 10.3. The minimum atomic E-state index is -3.84. The summed E-state index contributed by atoms with van der Waals surface area (Å²) < 4.78 is 27.8. The molecule has 24 heavy (non-hydrogen) atoms. The third-order valence-electron chi connectivity index (χ3n) is 3.27. The van der Waals surface area contributed by atoms with Gasteiger partial charge in [0.25, 0.3) is 10.0 Å². The zero-order valence-electron chi connectivity index (χ0n) is 12.5. The summed E-state index contributed by atoms with van der Waals surface area (Å²) in [5.41, 5.74) is 0.456. The number of halogens is 2. The highest BCUT2D eigenvalue weighted by molar-refractivity contribution is 9.10. The summed E-state index contributed by atoms with van der Waals surface area (Å²) in [6, 6.07) is 12.8. The number of benzene rings is 2. The fourth-order valence-corrected chi connectivity index (χ4v) is 4.40. The first kappa shape index (κ1) is 18.8. The van der Waals surface area contributed by atoms with E-state index in [1.54, 1.807) is 24.3 Å². The molecular formula is C16H15BrClNO4S. The van der Waals surface area contributed by atoms with Crippen LogP contribution in [0.1, 0.15) is 12.8 Å². The number of sulfonamides is 1. The van der Waals surface area contributed by atoms with Gasteiger partial charge in [-0.1, -0.05) is 23.7 Å². The van der Waals surface area contributed by atoms with Crippen molar-refractivity contribution in [3.8, 4) is 0 Å². The molecule has 0 aliphatic heterocycles. The van der Waals surface area contributed by atoms with Gasteiger partial charge in [-0.05, 0) is 58.7 Å². The highest BCUT2D eigenvalue weighted by Gasteiger charge is 2.26. The average molecular weight is 433 g/mol. The molecule has 0 aromatic heterocycles. The molecule has 5 nitrogen and oxygen atoms in total. The molecule has 0 fully saturated rings. The average Bonchev–Trinajstić information content (AvgIpc) is 2.52. The largest absolute Gasteiger partial charge is 0.481 e. The second kappa shape index (κ2) is 8.00. The van der Waals surface area contributed by atoms with Gasteiger partial charge in [-0.3, -0.25) is 9.10 Å². The molecule has 0 aliphatic rings. The predicted molar refractivity (Wildman–Crippen MR) is 97.0 cm³/mol. The Kier molecular flexibility index (Phi) is 6.26. The van der Waals surface area contributed by atoms with Crippen molar-refractivity contribution in [3.05, 3.63) is 58.0 Å². The van der Waals surface area contributed by atoms with Crippen molar-refractivity contribution < 1.29 is 18.3 Å². The minimum Gasteiger partial charge on any atom is -0.481 e. The second-order valence-corrected chi connectivity index (χ2v) is 8.13. The molecule has 128 valence electrons. The van der Waals surface area contributed by atoms with Crippen LogP contribution in [0, 0.1) is 0 Å². The topological polar surface area (TPSA) is 74.7 Å². The van der Waals surface area contributed by atoms with Crippen LogP contribution in [0.25, 0.3) is 0 Å². The van der Waals surface area contributed by atoms with E-state index in [1.165, 1.54) is 28.6 Å². The Balaban J connectivity index is 2.42. The molecule has 1 N–H and O–H groups in total. The van der Waals surface area contributed by atoms with Gasteiger partial charge in [0.1, 0.15) is 0 Å². The van der Waals surface area contributed by atoms with Crippen LogP contribution in [0.3, 0.4) is 0 Å². The third kappa shape index (κ3) is 4.49. The van der Waals surface area contributed by atoms with Crippen molar-refractivity contribution in [1.82, 2.24) is 0 Å². The lowest BCUT2D eigenvalue weighted by Gasteiger charge is -2.25. The van der Waals surface area contributed by atoms with Gasteiger partial charge in [0.15, 0.2) is 0 Å². The molecule has 2 aromatic carbocycles. The number of aliphatic carboxylic acids is 1. The van der Waals surface area contributed by atoms with E-state index in [1.807, 2.05) is 0 Å². The van der Waals surface area contributed by atoms with Crippen molar-refractivity contribution in [2.45, 2.75) is 17.7 Å². The Bertz CT molecular complexity index is 824. The van der Waals surface area contributed by atoms with Gasteiger partial charge in [-0.15, -0.1) is 0 Å². The Morgan fingerprint density at radius 1 is 1.12 bits per heavy atom. The molecule has 0 bridgehead atoms. The normalized spacial score (nSPS) is 11.2. The third-order valence-corrected chi connectivity index (χ3v) is 6.02. The van der Waals surface area contributed by atoms with Crippen LogP contribution in [0.15, 0.2) is 57.9 Å². The summed E-state index contributed by atoms with van der Waals surface area (Å²) in [4.78, 5) is 10.8. The van der Waals surface area contributed by atoms with E-state index in [2.05, 4.69) is 15.9 Å². The Morgan fingerprint density at radius 2 is 1.75 bits per heavy atom. The minimum absolute atomic E-state index is 0.0554. The maximum Gasteiger partial charge on any atom is 0.303 e. The molecule has 0 unspecified atom stereocenters. The molecule has 0 radical (unpaired) electrons. The van der Waals surface area contributed by atoms with Gasteiger partial charge >= 0.3 is 5.97 Å². The van der Waals surface area contributed by atoms with Crippen LogP contribution >= 0.6 is 27.5 Å². The Hall–Kier alpha value is -1.57. The number of rotatable bonds is 7. The van der Waals surface area contributed by atoms with Crippen LogP contribution in [0.2, 0.25) is 5.02 Å². The van der Waals surface area contributed by atoms with Crippen molar-refractivity contribution in [2.75, 3.05) is 10.8 Å². The molecule has 0 atom stereocenters. The van der Waals surface area contributed by atoms with E-state index in [9.17, 15) is 13.2 Å². The first-order chi connectivity index (χ1) is 11.3. The molecule has 0 heterocycles. The molecule has 0 aliphatic carbocycles. The number of carboxylic acid groups (broad SMARTS) is 1. The molecule has 0 saturated heterocycles. The number of para-hydroxylation sites is 1. The highest BCUT2D eigenvalue weighted by Crippen LogP contribution is 2.31. The first-order valence-corrected chi connectivity index (χ1v) is 9.68. The van der Waals surface area contributed by atoms with Crippen LogP contribution < -0.4 is 4.31 Å². The highest BCUT2D eigenvalue weighted by atomic mass is 79.9. The smallest absolute Gasteiger partial charge is 0.303 e. The summed E-state index contributed by atoms with van der Waals surface area (Å²) in [5, 5.41) is 9.25. The van der Waals surface area contributed by atoms with Gasteiger partial charge in [-0.25, -0.2) is 8.42 Å². The van der Waals surface area contributed by atoms with Crippen molar-refractivity contribution >= 4 is 49.2 Å². The van der Waals surface area contributed by atoms with E-state index in [-0.39, 0.29) is 24.3 Å². The SMILES string of the molecule is O=C(O)CCCN(c1ccccc1Br)S(=O)(=O)c1ccc(Cl)cc1. The van der Waals surface area contributed by atoms with E-state index >= 15 is 0 Å². The number of anilines is 1. The lowest BCUT2D eigenvalue weighted by molar-refractivity contribution is -0.137. The fourth-order valence-electron chi connectivity index (χ4n) is 2.13. The molecule has 8 heteroatoms. The van der Waals surface area contributed by atoms with Gasteiger partial charge in [0.2, 0.25) is 0 Å².